The summed E-state index contributed by atoms with van der Waals surface area (Å²) >= 11 is 0. The highest BCUT2D eigenvalue weighted by Crippen LogP contribution is 2.30. The van der Waals surface area contributed by atoms with Crippen LogP contribution >= 0.6 is 0 Å². The number of imide groups is 1. The number of hydrogen-bond acceptors (Lipinski definition) is 5. The molecule has 1 aliphatic heterocycles. The van der Waals surface area contributed by atoms with Gasteiger partial charge >= 0.3 is 6.03 Å². The summed E-state index contributed by atoms with van der Waals surface area (Å²) in [7, 11) is 0. The Morgan fingerprint density at radius 1 is 1.36 bits per heavy atom. The second-order valence-corrected chi connectivity index (χ2v) is 5.15. The van der Waals surface area contributed by atoms with Gasteiger partial charge in [-0.1, -0.05) is 19.1 Å². The van der Waals surface area contributed by atoms with Gasteiger partial charge in [-0.05, 0) is 25.1 Å². The van der Waals surface area contributed by atoms with Crippen LogP contribution in [0.25, 0.3) is 0 Å². The highest BCUT2D eigenvalue weighted by Gasteiger charge is 2.24. The third kappa shape index (κ3) is 4.63. The van der Waals surface area contributed by atoms with Gasteiger partial charge in [0, 0.05) is 6.54 Å². The highest BCUT2D eigenvalue weighted by atomic mass is 16.6. The van der Waals surface area contributed by atoms with E-state index in [9.17, 15) is 9.59 Å². The van der Waals surface area contributed by atoms with Gasteiger partial charge in [0.2, 0.25) is 5.91 Å². The Morgan fingerprint density at radius 3 is 2.77 bits per heavy atom. The number of amides is 3. The number of nitrogens with one attached hydrogen (secondary N) is 1. The molecule has 1 aromatic carbocycles. The molecule has 1 unspecified atom stereocenters. The van der Waals surface area contributed by atoms with E-state index in [-0.39, 0.29) is 12.6 Å². The fourth-order valence-corrected chi connectivity index (χ4v) is 2.37. The number of hydrogen-bond donors (Lipinski definition) is 2. The Kier molecular flexibility index (Phi) is 5.60. The van der Waals surface area contributed by atoms with Gasteiger partial charge in [-0.15, -0.1) is 0 Å². The summed E-state index contributed by atoms with van der Waals surface area (Å²) in [6.45, 7) is 3.79. The van der Waals surface area contributed by atoms with Crippen molar-refractivity contribution in [2.45, 2.75) is 19.4 Å². The molecule has 0 saturated heterocycles. The van der Waals surface area contributed by atoms with Gasteiger partial charge in [0.1, 0.15) is 12.7 Å². The molecule has 1 heterocycles. The van der Waals surface area contributed by atoms with Crippen LogP contribution in [0.4, 0.5) is 4.79 Å². The molecule has 3 N–H and O–H groups in total. The first kappa shape index (κ1) is 16.1. The van der Waals surface area contributed by atoms with Crippen LogP contribution in [0.15, 0.2) is 24.3 Å². The maximum Gasteiger partial charge on any atom is 0.318 e. The third-order valence-corrected chi connectivity index (χ3v) is 3.20. The number of fused-ring (bicyclic) bond motifs is 1. The summed E-state index contributed by atoms with van der Waals surface area (Å²) in [6.07, 6.45) is 0.719. The number of urea groups is 1. The Hall–Kier alpha value is -2.28. The molecule has 22 heavy (non-hydrogen) atoms. The van der Waals surface area contributed by atoms with Crippen molar-refractivity contribution in [3.05, 3.63) is 24.3 Å². The molecule has 2 rings (SSSR count). The molecule has 0 aromatic heterocycles. The van der Waals surface area contributed by atoms with Gasteiger partial charge in [0.05, 0.1) is 6.54 Å². The molecular formula is C15H21N3O4. The van der Waals surface area contributed by atoms with E-state index in [0.717, 1.165) is 12.2 Å². The molecule has 0 aliphatic carbocycles. The van der Waals surface area contributed by atoms with Crippen molar-refractivity contribution < 1.29 is 19.1 Å². The van der Waals surface area contributed by atoms with E-state index >= 15 is 0 Å². The van der Waals surface area contributed by atoms with Gasteiger partial charge in [-0.25, -0.2) is 4.79 Å². The summed E-state index contributed by atoms with van der Waals surface area (Å²) in [5, 5.41) is 2.07. The van der Waals surface area contributed by atoms with E-state index in [0.29, 0.717) is 25.4 Å². The summed E-state index contributed by atoms with van der Waals surface area (Å²) in [5.41, 5.74) is 4.95. The molecule has 0 fully saturated rings. The van der Waals surface area contributed by atoms with E-state index in [1.165, 1.54) is 0 Å². The van der Waals surface area contributed by atoms with Crippen molar-refractivity contribution in [3.63, 3.8) is 0 Å². The normalized spacial score (nSPS) is 16.4. The Labute approximate surface area is 129 Å². The van der Waals surface area contributed by atoms with Gasteiger partial charge in [0.25, 0.3) is 0 Å². The molecule has 0 radical (unpaired) electrons. The lowest BCUT2D eigenvalue weighted by Gasteiger charge is -2.30. The molecule has 0 bridgehead atoms. The lowest BCUT2D eigenvalue weighted by molar-refractivity contribution is -0.121. The van der Waals surface area contributed by atoms with E-state index in [4.69, 9.17) is 15.2 Å². The number of carbonyl (C=O) groups is 2. The second-order valence-electron chi connectivity index (χ2n) is 5.15. The molecule has 0 saturated carbocycles. The SMILES string of the molecule is CCCN(CC(=O)NC(N)=O)CC1COc2ccccc2O1. The van der Waals surface area contributed by atoms with Gasteiger partial charge < -0.3 is 15.2 Å². The number of nitrogens with zero attached hydrogens (tertiary/aromatic N) is 1. The number of nitrogens with two attached hydrogens (primary N) is 1. The second kappa shape index (κ2) is 7.65. The molecule has 120 valence electrons. The Bertz CT molecular complexity index is 535. The molecule has 1 aliphatic rings. The van der Waals surface area contributed by atoms with Crippen LogP contribution in [0, 0.1) is 0 Å². The smallest absolute Gasteiger partial charge is 0.318 e. The lowest BCUT2D eigenvalue weighted by atomic mass is 10.2. The monoisotopic (exact) mass is 307 g/mol. The number of primary amides is 1. The van der Waals surface area contributed by atoms with Gasteiger partial charge in [-0.2, -0.15) is 0 Å². The predicted octanol–water partition coefficient (Wildman–Crippen LogP) is 0.733. The standard InChI is InChI=1S/C15H21N3O4/c1-2-7-18(9-14(19)17-15(16)20)8-11-10-21-12-5-3-4-6-13(12)22-11/h3-6,11H,2,7-10H2,1H3,(H3,16,17,19,20). The lowest BCUT2D eigenvalue weighted by Crippen LogP contribution is -2.47. The minimum atomic E-state index is -0.840. The van der Waals surface area contributed by atoms with E-state index in [1.54, 1.807) is 0 Å². The zero-order valence-electron chi connectivity index (χ0n) is 12.6. The Balaban J connectivity index is 1.91. The van der Waals surface area contributed by atoms with E-state index in [2.05, 4.69) is 5.32 Å². The van der Waals surface area contributed by atoms with E-state index < -0.39 is 11.9 Å². The highest BCUT2D eigenvalue weighted by molar-refractivity contribution is 5.94. The van der Waals surface area contributed by atoms with Crippen molar-refractivity contribution >= 4 is 11.9 Å². The molecule has 0 spiro atoms. The number of ether oxygens (including phenoxy) is 2. The van der Waals surface area contributed by atoms with Crippen LogP contribution < -0.4 is 20.5 Å². The van der Waals surface area contributed by atoms with Crippen LogP contribution in [-0.2, 0) is 4.79 Å². The molecule has 3 amide bonds. The largest absolute Gasteiger partial charge is 0.486 e. The Morgan fingerprint density at radius 2 is 2.09 bits per heavy atom. The molecule has 7 nitrogen and oxygen atoms in total. The van der Waals surface area contributed by atoms with Crippen molar-refractivity contribution in [2.75, 3.05) is 26.2 Å². The summed E-state index contributed by atoms with van der Waals surface area (Å²) in [6, 6.07) is 6.64. The maximum atomic E-state index is 11.7. The topological polar surface area (TPSA) is 93.9 Å². The minimum absolute atomic E-state index is 0.0955. The molecule has 1 aromatic rings. The zero-order valence-corrected chi connectivity index (χ0v) is 12.6. The maximum absolute atomic E-state index is 11.7. The van der Waals surface area contributed by atoms with Crippen LogP contribution in [0.3, 0.4) is 0 Å². The average Bonchev–Trinajstić information content (AvgIpc) is 2.46. The van der Waals surface area contributed by atoms with Crippen LogP contribution in [0.1, 0.15) is 13.3 Å². The number of carbonyl (C=O) groups excluding carboxylic acids is 2. The number of rotatable bonds is 6. The minimum Gasteiger partial charge on any atom is -0.486 e. The fraction of sp³-hybridized carbons (Fsp3) is 0.467. The average molecular weight is 307 g/mol. The number of para-hydroxylation sites is 2. The van der Waals surface area contributed by atoms with Crippen molar-refractivity contribution in [1.82, 2.24) is 10.2 Å². The summed E-state index contributed by atoms with van der Waals surface area (Å²) in [5.74, 6) is 1.02. The zero-order chi connectivity index (χ0) is 15.9. The molecular weight excluding hydrogens is 286 g/mol. The van der Waals surface area contributed by atoms with Crippen molar-refractivity contribution in [2.24, 2.45) is 5.73 Å². The first-order chi connectivity index (χ1) is 10.6. The number of benzene rings is 1. The molecule has 7 heteroatoms. The fourth-order valence-electron chi connectivity index (χ4n) is 2.37. The van der Waals surface area contributed by atoms with Crippen LogP contribution in [0.5, 0.6) is 11.5 Å². The van der Waals surface area contributed by atoms with Gasteiger partial charge in [-0.3, -0.25) is 15.0 Å². The quantitative estimate of drug-likeness (QED) is 0.808. The van der Waals surface area contributed by atoms with Gasteiger partial charge in [0.15, 0.2) is 11.5 Å². The first-order valence-electron chi connectivity index (χ1n) is 7.28. The third-order valence-electron chi connectivity index (χ3n) is 3.20. The van der Waals surface area contributed by atoms with Crippen molar-refractivity contribution in [1.29, 1.82) is 0 Å². The summed E-state index contributed by atoms with van der Waals surface area (Å²) < 4.78 is 11.5. The van der Waals surface area contributed by atoms with Crippen LogP contribution in [-0.4, -0.2) is 49.2 Å². The summed E-state index contributed by atoms with van der Waals surface area (Å²) in [4.78, 5) is 24.3. The molecule has 1 atom stereocenters. The van der Waals surface area contributed by atoms with Crippen LogP contribution in [0.2, 0.25) is 0 Å². The predicted molar refractivity (Wildman–Crippen MR) is 80.8 cm³/mol. The van der Waals surface area contributed by atoms with E-state index in [1.807, 2.05) is 36.1 Å². The van der Waals surface area contributed by atoms with Crippen molar-refractivity contribution in [3.8, 4) is 11.5 Å². The first-order valence-corrected chi connectivity index (χ1v) is 7.28.